The molecular formula is C21H22N4O. The number of nitrogens with zero attached hydrogens (tertiary/aromatic N) is 3. The Balaban J connectivity index is 1.54. The van der Waals surface area contributed by atoms with Crippen molar-refractivity contribution in [2.75, 3.05) is 0 Å². The molecule has 1 saturated carbocycles. The Hall–Kier alpha value is -2.95. The monoisotopic (exact) mass is 346 g/mol. The van der Waals surface area contributed by atoms with E-state index >= 15 is 0 Å². The highest BCUT2D eigenvalue weighted by atomic mass is 16.1. The number of carbonyl (C=O) groups is 1. The van der Waals surface area contributed by atoms with Crippen molar-refractivity contribution in [1.29, 1.82) is 0 Å². The second kappa shape index (κ2) is 6.75. The summed E-state index contributed by atoms with van der Waals surface area (Å²) in [6.07, 6.45) is 7.75. The van der Waals surface area contributed by atoms with Crippen LogP contribution in [0.3, 0.4) is 0 Å². The first-order valence-electron chi connectivity index (χ1n) is 8.93. The van der Waals surface area contributed by atoms with E-state index < -0.39 is 0 Å². The highest BCUT2D eigenvalue weighted by molar-refractivity contribution is 5.94. The zero-order chi connectivity index (χ0) is 18.1. The lowest BCUT2D eigenvalue weighted by Gasteiger charge is -2.19. The molecule has 2 heterocycles. The second-order valence-corrected chi connectivity index (χ2v) is 6.93. The van der Waals surface area contributed by atoms with Gasteiger partial charge in [-0.05, 0) is 49.4 Å². The number of nitrogens with one attached hydrogen (secondary N) is 1. The van der Waals surface area contributed by atoms with Gasteiger partial charge in [-0.15, -0.1) is 0 Å². The van der Waals surface area contributed by atoms with Crippen LogP contribution in [0.4, 0.5) is 0 Å². The smallest absolute Gasteiger partial charge is 0.251 e. The molecule has 1 fully saturated rings. The van der Waals surface area contributed by atoms with Crippen molar-refractivity contribution >= 4 is 5.91 Å². The standard InChI is InChI=1S/C21H22N4O/c1-14-4-3-11-22-18(14)19(15-5-6-15)24-21(26)17-9-7-16(8-10-17)20-23-12-13-25(20)2/h3-4,7-13,15,19H,5-6H2,1-2H3,(H,24,26). The van der Waals surface area contributed by atoms with Crippen LogP contribution in [0.1, 0.15) is 40.5 Å². The number of pyridine rings is 1. The fourth-order valence-electron chi connectivity index (χ4n) is 3.30. The maximum atomic E-state index is 12.8. The molecule has 5 nitrogen and oxygen atoms in total. The van der Waals surface area contributed by atoms with E-state index in [4.69, 9.17) is 0 Å². The van der Waals surface area contributed by atoms with E-state index in [1.54, 1.807) is 12.4 Å². The molecule has 0 saturated heterocycles. The average Bonchev–Trinajstić information content (AvgIpc) is 3.41. The fraction of sp³-hybridized carbons (Fsp3) is 0.286. The summed E-state index contributed by atoms with van der Waals surface area (Å²) < 4.78 is 1.96. The predicted octanol–water partition coefficient (Wildman–Crippen LogP) is 3.67. The molecule has 0 radical (unpaired) electrons. The SMILES string of the molecule is Cc1cccnc1C(NC(=O)c1ccc(-c2nccn2C)cc1)C1CC1. The highest BCUT2D eigenvalue weighted by Crippen LogP contribution is 2.41. The molecule has 1 aromatic carbocycles. The minimum Gasteiger partial charge on any atom is -0.343 e. The zero-order valence-corrected chi connectivity index (χ0v) is 15.0. The Kier molecular flexibility index (Phi) is 4.29. The number of imidazole rings is 1. The third-order valence-corrected chi connectivity index (χ3v) is 4.95. The maximum absolute atomic E-state index is 12.8. The summed E-state index contributed by atoms with van der Waals surface area (Å²) in [5.74, 6) is 1.31. The van der Waals surface area contributed by atoms with Gasteiger partial charge in [-0.3, -0.25) is 9.78 Å². The Morgan fingerprint density at radius 2 is 1.92 bits per heavy atom. The molecule has 1 unspecified atom stereocenters. The predicted molar refractivity (Wildman–Crippen MR) is 101 cm³/mol. The zero-order valence-electron chi connectivity index (χ0n) is 15.0. The van der Waals surface area contributed by atoms with Crippen LogP contribution in [0.2, 0.25) is 0 Å². The van der Waals surface area contributed by atoms with Crippen molar-refractivity contribution in [2.24, 2.45) is 13.0 Å². The molecule has 1 atom stereocenters. The van der Waals surface area contributed by atoms with Crippen LogP contribution >= 0.6 is 0 Å². The van der Waals surface area contributed by atoms with Gasteiger partial charge < -0.3 is 9.88 Å². The first-order valence-corrected chi connectivity index (χ1v) is 8.93. The van der Waals surface area contributed by atoms with Gasteiger partial charge in [-0.2, -0.15) is 0 Å². The van der Waals surface area contributed by atoms with E-state index in [9.17, 15) is 4.79 Å². The summed E-state index contributed by atoms with van der Waals surface area (Å²) in [5, 5.41) is 3.20. The van der Waals surface area contributed by atoms with Gasteiger partial charge in [0.05, 0.1) is 11.7 Å². The van der Waals surface area contributed by atoms with Crippen LogP contribution in [0.5, 0.6) is 0 Å². The highest BCUT2D eigenvalue weighted by Gasteiger charge is 2.35. The molecule has 1 N–H and O–H groups in total. The van der Waals surface area contributed by atoms with Crippen molar-refractivity contribution in [2.45, 2.75) is 25.8 Å². The Labute approximate surface area is 153 Å². The van der Waals surface area contributed by atoms with E-state index in [-0.39, 0.29) is 11.9 Å². The lowest BCUT2D eigenvalue weighted by Crippen LogP contribution is -2.31. The fourth-order valence-corrected chi connectivity index (χ4v) is 3.30. The van der Waals surface area contributed by atoms with E-state index in [2.05, 4.69) is 15.3 Å². The number of hydrogen-bond acceptors (Lipinski definition) is 3. The summed E-state index contributed by atoms with van der Waals surface area (Å²) in [5.41, 5.74) is 3.75. The molecule has 1 aliphatic carbocycles. The minimum absolute atomic E-state index is 0.0158. The van der Waals surface area contributed by atoms with Gasteiger partial charge in [-0.25, -0.2) is 4.98 Å². The number of aryl methyl sites for hydroxylation is 2. The number of hydrogen-bond donors (Lipinski definition) is 1. The largest absolute Gasteiger partial charge is 0.343 e. The van der Waals surface area contributed by atoms with Gasteiger partial charge in [0.15, 0.2) is 0 Å². The summed E-state index contributed by atoms with van der Waals surface area (Å²) >= 11 is 0. The van der Waals surface area contributed by atoms with E-state index in [0.29, 0.717) is 11.5 Å². The van der Waals surface area contributed by atoms with Crippen molar-refractivity contribution in [3.05, 3.63) is 71.8 Å². The molecule has 0 aliphatic heterocycles. The molecule has 1 amide bonds. The maximum Gasteiger partial charge on any atom is 0.251 e. The molecular weight excluding hydrogens is 324 g/mol. The number of carbonyl (C=O) groups excluding carboxylic acids is 1. The molecule has 26 heavy (non-hydrogen) atoms. The Bertz CT molecular complexity index is 925. The molecule has 2 aromatic heterocycles. The molecule has 3 aromatic rings. The summed E-state index contributed by atoms with van der Waals surface area (Å²) in [6, 6.07) is 11.6. The third kappa shape index (κ3) is 3.25. The third-order valence-electron chi connectivity index (χ3n) is 4.95. The number of rotatable bonds is 5. The Morgan fingerprint density at radius 1 is 1.15 bits per heavy atom. The van der Waals surface area contributed by atoms with E-state index in [0.717, 1.165) is 35.5 Å². The molecule has 1 aliphatic rings. The number of aromatic nitrogens is 3. The molecule has 4 rings (SSSR count). The summed E-state index contributed by atoms with van der Waals surface area (Å²) in [7, 11) is 1.96. The number of benzene rings is 1. The van der Waals surface area contributed by atoms with Gasteiger partial charge in [0.2, 0.25) is 0 Å². The van der Waals surface area contributed by atoms with E-state index in [1.165, 1.54) is 0 Å². The molecule has 5 heteroatoms. The lowest BCUT2D eigenvalue weighted by molar-refractivity contribution is 0.0930. The lowest BCUT2D eigenvalue weighted by atomic mass is 10.0. The topological polar surface area (TPSA) is 59.8 Å². The van der Waals surface area contributed by atoms with Crippen LogP contribution in [0, 0.1) is 12.8 Å². The summed E-state index contributed by atoms with van der Waals surface area (Å²) in [6.45, 7) is 2.05. The second-order valence-electron chi connectivity index (χ2n) is 6.93. The van der Waals surface area contributed by atoms with Gasteiger partial charge in [0.25, 0.3) is 5.91 Å². The Morgan fingerprint density at radius 3 is 2.54 bits per heavy atom. The first-order chi connectivity index (χ1) is 12.6. The van der Waals surface area contributed by atoms with Crippen LogP contribution in [-0.4, -0.2) is 20.4 Å². The van der Waals surface area contributed by atoms with Crippen LogP contribution in [-0.2, 0) is 7.05 Å². The molecule has 0 bridgehead atoms. The first kappa shape index (κ1) is 16.5. The number of amides is 1. The normalized spacial score (nSPS) is 14.8. The van der Waals surface area contributed by atoms with Gasteiger partial charge in [0, 0.05) is 36.8 Å². The van der Waals surface area contributed by atoms with Gasteiger partial charge in [0.1, 0.15) is 5.82 Å². The molecule has 0 spiro atoms. The van der Waals surface area contributed by atoms with Gasteiger partial charge >= 0.3 is 0 Å². The van der Waals surface area contributed by atoms with Crippen LogP contribution in [0.15, 0.2) is 55.0 Å². The average molecular weight is 346 g/mol. The van der Waals surface area contributed by atoms with Crippen LogP contribution in [0.25, 0.3) is 11.4 Å². The van der Waals surface area contributed by atoms with Crippen LogP contribution < -0.4 is 5.32 Å². The van der Waals surface area contributed by atoms with Gasteiger partial charge in [-0.1, -0.05) is 18.2 Å². The van der Waals surface area contributed by atoms with Crippen molar-refractivity contribution in [1.82, 2.24) is 19.9 Å². The van der Waals surface area contributed by atoms with Crippen molar-refractivity contribution < 1.29 is 4.79 Å². The van der Waals surface area contributed by atoms with E-state index in [1.807, 2.05) is 61.1 Å². The quantitative estimate of drug-likeness (QED) is 0.767. The minimum atomic E-state index is -0.0571. The summed E-state index contributed by atoms with van der Waals surface area (Å²) in [4.78, 5) is 21.6. The molecule has 132 valence electrons. The van der Waals surface area contributed by atoms with Crippen molar-refractivity contribution in [3.63, 3.8) is 0 Å². The van der Waals surface area contributed by atoms with Crippen molar-refractivity contribution in [3.8, 4) is 11.4 Å².